The third-order valence-electron chi connectivity index (χ3n) is 2.47. The number of carbonyl (C=O) groups excluding carboxylic acids is 1. The molecule has 0 amide bonds. The lowest BCUT2D eigenvalue weighted by molar-refractivity contribution is -0.0502. The van der Waals surface area contributed by atoms with E-state index in [4.69, 9.17) is 11.6 Å². The van der Waals surface area contributed by atoms with E-state index in [-0.39, 0.29) is 22.5 Å². The first-order valence-electron chi connectivity index (χ1n) is 5.42. The number of benzene rings is 1. The Bertz CT molecular complexity index is 465. The van der Waals surface area contributed by atoms with Gasteiger partial charge in [-0.05, 0) is 30.0 Å². The lowest BCUT2D eigenvalue weighted by atomic mass is 9.86. The van der Waals surface area contributed by atoms with Crippen LogP contribution in [0.25, 0.3) is 0 Å². The summed E-state index contributed by atoms with van der Waals surface area (Å²) in [6.07, 6.45) is 0. The van der Waals surface area contributed by atoms with Gasteiger partial charge in [0.2, 0.25) is 0 Å². The van der Waals surface area contributed by atoms with Crippen molar-refractivity contribution >= 4 is 17.4 Å². The quantitative estimate of drug-likeness (QED) is 0.763. The molecule has 0 radical (unpaired) electrons. The summed E-state index contributed by atoms with van der Waals surface area (Å²) in [5, 5.41) is 0.370. The Hall–Kier alpha value is -1.16. The molecule has 0 unspecified atom stereocenters. The van der Waals surface area contributed by atoms with E-state index in [2.05, 4.69) is 4.74 Å². The molecule has 0 aliphatic heterocycles. The van der Waals surface area contributed by atoms with E-state index in [1.54, 1.807) is 0 Å². The fraction of sp³-hybridized carbons (Fsp3) is 0.462. The number of hydrogen-bond acceptors (Lipinski definition) is 2. The van der Waals surface area contributed by atoms with Crippen LogP contribution in [0.15, 0.2) is 12.1 Å². The predicted molar refractivity (Wildman–Crippen MR) is 66.8 cm³/mol. The van der Waals surface area contributed by atoms with E-state index in [0.29, 0.717) is 10.6 Å². The highest BCUT2D eigenvalue weighted by atomic mass is 35.5. The Labute approximate surface area is 110 Å². The summed E-state index contributed by atoms with van der Waals surface area (Å²) in [7, 11) is 0. The van der Waals surface area contributed by atoms with E-state index in [1.165, 1.54) is 19.1 Å². The van der Waals surface area contributed by atoms with Crippen molar-refractivity contribution < 1.29 is 18.3 Å². The van der Waals surface area contributed by atoms with Crippen LogP contribution in [0.4, 0.5) is 8.78 Å². The SMILES string of the molecule is CC(=O)c1cc(Cl)c(C(C)(C)C)cc1OC(F)F. The lowest BCUT2D eigenvalue weighted by Gasteiger charge is -2.22. The summed E-state index contributed by atoms with van der Waals surface area (Å²) in [5.74, 6) is -0.500. The molecule has 0 N–H and O–H groups in total. The van der Waals surface area contributed by atoms with Crippen LogP contribution in [0.1, 0.15) is 43.6 Å². The van der Waals surface area contributed by atoms with Crippen LogP contribution in [0.5, 0.6) is 5.75 Å². The highest BCUT2D eigenvalue weighted by Crippen LogP contribution is 2.35. The average Bonchev–Trinajstić information content (AvgIpc) is 2.17. The molecule has 0 aliphatic rings. The van der Waals surface area contributed by atoms with Gasteiger partial charge in [-0.15, -0.1) is 0 Å². The first-order chi connectivity index (χ1) is 8.12. The van der Waals surface area contributed by atoms with E-state index >= 15 is 0 Å². The van der Waals surface area contributed by atoms with Crippen molar-refractivity contribution in [2.75, 3.05) is 0 Å². The maximum absolute atomic E-state index is 12.3. The predicted octanol–water partition coefficient (Wildman–Crippen LogP) is 4.44. The molecule has 0 saturated heterocycles. The van der Waals surface area contributed by atoms with Crippen LogP contribution >= 0.6 is 11.6 Å². The average molecular weight is 277 g/mol. The molecule has 5 heteroatoms. The Morgan fingerprint density at radius 2 is 1.89 bits per heavy atom. The van der Waals surface area contributed by atoms with Crippen LogP contribution in [-0.2, 0) is 5.41 Å². The van der Waals surface area contributed by atoms with Crippen molar-refractivity contribution in [1.82, 2.24) is 0 Å². The van der Waals surface area contributed by atoms with Gasteiger partial charge in [-0.25, -0.2) is 0 Å². The van der Waals surface area contributed by atoms with Gasteiger partial charge in [0.15, 0.2) is 5.78 Å². The van der Waals surface area contributed by atoms with Crippen molar-refractivity contribution in [2.45, 2.75) is 39.7 Å². The molecule has 18 heavy (non-hydrogen) atoms. The molecule has 0 spiro atoms. The molecule has 0 bridgehead atoms. The Balaban J connectivity index is 3.40. The van der Waals surface area contributed by atoms with Crippen molar-refractivity contribution in [1.29, 1.82) is 0 Å². The first-order valence-corrected chi connectivity index (χ1v) is 5.80. The third kappa shape index (κ3) is 3.42. The first kappa shape index (κ1) is 14.9. The number of halogens is 3. The highest BCUT2D eigenvalue weighted by molar-refractivity contribution is 6.32. The number of rotatable bonds is 3. The minimum atomic E-state index is -2.97. The van der Waals surface area contributed by atoms with Gasteiger partial charge in [0, 0.05) is 5.02 Å². The summed E-state index contributed by atoms with van der Waals surface area (Å²) >= 11 is 6.07. The maximum atomic E-state index is 12.3. The topological polar surface area (TPSA) is 26.3 Å². The zero-order valence-corrected chi connectivity index (χ0v) is 11.4. The van der Waals surface area contributed by atoms with Gasteiger partial charge in [0.1, 0.15) is 5.75 Å². The summed E-state index contributed by atoms with van der Waals surface area (Å²) < 4.78 is 29.0. The van der Waals surface area contributed by atoms with Crippen molar-refractivity contribution in [2.24, 2.45) is 0 Å². The molecule has 0 aliphatic carbocycles. The van der Waals surface area contributed by atoms with Crippen molar-refractivity contribution in [3.05, 3.63) is 28.3 Å². The molecule has 1 aromatic rings. The van der Waals surface area contributed by atoms with Gasteiger partial charge in [-0.2, -0.15) is 8.78 Å². The van der Waals surface area contributed by atoms with Gasteiger partial charge in [-0.3, -0.25) is 4.79 Å². The summed E-state index contributed by atoms with van der Waals surface area (Å²) in [4.78, 5) is 11.4. The molecule has 0 heterocycles. The second-order valence-electron chi connectivity index (χ2n) is 5.01. The van der Waals surface area contributed by atoms with Crippen LogP contribution in [0, 0.1) is 0 Å². The molecule has 2 nitrogen and oxygen atoms in total. The molecule has 0 fully saturated rings. The Kier molecular flexibility index (Phi) is 4.32. The minimum absolute atomic E-state index is 0.0632. The Morgan fingerprint density at radius 3 is 2.28 bits per heavy atom. The van der Waals surface area contributed by atoms with Gasteiger partial charge in [0.05, 0.1) is 5.56 Å². The Morgan fingerprint density at radius 1 is 1.33 bits per heavy atom. The van der Waals surface area contributed by atoms with Gasteiger partial charge >= 0.3 is 6.61 Å². The van der Waals surface area contributed by atoms with E-state index in [0.717, 1.165) is 0 Å². The number of hydrogen-bond donors (Lipinski definition) is 0. The zero-order chi connectivity index (χ0) is 14.1. The highest BCUT2D eigenvalue weighted by Gasteiger charge is 2.22. The standard InChI is InChI=1S/C13H15ClF2O2/c1-7(17)8-5-10(14)9(13(2,3)4)6-11(8)18-12(15)16/h5-6,12H,1-4H3. The molecule has 0 aromatic heterocycles. The summed E-state index contributed by atoms with van der Waals surface area (Å²) in [6.45, 7) is 3.99. The number of carbonyl (C=O) groups is 1. The summed E-state index contributed by atoms with van der Waals surface area (Å²) in [6, 6.07) is 2.79. The number of ketones is 1. The van der Waals surface area contributed by atoms with E-state index < -0.39 is 6.61 Å². The monoisotopic (exact) mass is 276 g/mol. The van der Waals surface area contributed by atoms with Crippen LogP contribution in [-0.4, -0.2) is 12.4 Å². The third-order valence-corrected chi connectivity index (χ3v) is 2.79. The molecule has 1 aromatic carbocycles. The van der Waals surface area contributed by atoms with Crippen LogP contribution in [0.3, 0.4) is 0 Å². The maximum Gasteiger partial charge on any atom is 0.387 e. The molecular formula is C13H15ClF2O2. The number of Topliss-reactive ketones (excluding diaryl/α,β-unsaturated/α-hetero) is 1. The molecule has 100 valence electrons. The van der Waals surface area contributed by atoms with E-state index in [9.17, 15) is 13.6 Å². The minimum Gasteiger partial charge on any atom is -0.434 e. The smallest absolute Gasteiger partial charge is 0.387 e. The number of ether oxygens (including phenoxy) is 1. The van der Waals surface area contributed by atoms with Crippen LogP contribution in [0.2, 0.25) is 5.02 Å². The molecule has 0 saturated carbocycles. The normalized spacial score (nSPS) is 11.8. The van der Waals surface area contributed by atoms with Crippen molar-refractivity contribution in [3.63, 3.8) is 0 Å². The number of alkyl halides is 2. The molecular weight excluding hydrogens is 262 g/mol. The second kappa shape index (κ2) is 5.22. The zero-order valence-electron chi connectivity index (χ0n) is 10.7. The lowest BCUT2D eigenvalue weighted by Crippen LogP contribution is -2.14. The van der Waals surface area contributed by atoms with Crippen LogP contribution < -0.4 is 4.74 Å². The van der Waals surface area contributed by atoms with Gasteiger partial charge in [0.25, 0.3) is 0 Å². The summed E-state index contributed by atoms with van der Waals surface area (Å²) in [5.41, 5.74) is 0.394. The molecule has 0 atom stereocenters. The second-order valence-corrected chi connectivity index (χ2v) is 5.42. The molecule has 1 rings (SSSR count). The van der Waals surface area contributed by atoms with Crippen molar-refractivity contribution in [3.8, 4) is 5.75 Å². The largest absolute Gasteiger partial charge is 0.434 e. The van der Waals surface area contributed by atoms with Gasteiger partial charge < -0.3 is 4.74 Å². The fourth-order valence-corrected chi connectivity index (χ4v) is 2.04. The van der Waals surface area contributed by atoms with Gasteiger partial charge in [-0.1, -0.05) is 32.4 Å². The fourth-order valence-electron chi connectivity index (χ4n) is 1.60. The van der Waals surface area contributed by atoms with E-state index in [1.807, 2.05) is 20.8 Å².